The molecule has 0 saturated heterocycles. The predicted molar refractivity (Wildman–Crippen MR) is 74.3 cm³/mol. The van der Waals surface area contributed by atoms with Gasteiger partial charge in [0.05, 0.1) is 0 Å². The lowest BCUT2D eigenvalue weighted by Gasteiger charge is -2.02. The summed E-state index contributed by atoms with van der Waals surface area (Å²) in [6.07, 6.45) is 0. The first-order chi connectivity index (χ1) is 9.20. The number of nitrogen functional groups attached to an aromatic ring is 1. The molecule has 0 unspecified atom stereocenters. The molecule has 0 bridgehead atoms. The van der Waals surface area contributed by atoms with Crippen molar-refractivity contribution in [2.24, 2.45) is 0 Å². The van der Waals surface area contributed by atoms with Crippen molar-refractivity contribution >= 4 is 27.1 Å². The molecule has 7 nitrogen and oxygen atoms in total. The van der Waals surface area contributed by atoms with Crippen LogP contribution < -0.4 is 16.6 Å². The molecule has 0 fully saturated rings. The number of para-hydroxylation sites is 1. The fourth-order valence-corrected chi connectivity index (χ4v) is 2.39. The van der Waals surface area contributed by atoms with Gasteiger partial charge in [0.2, 0.25) is 10.1 Å². The quantitative estimate of drug-likeness (QED) is 0.672. The number of aromatic nitrogens is 4. The van der Waals surface area contributed by atoms with Gasteiger partial charge >= 0.3 is 5.56 Å². The van der Waals surface area contributed by atoms with Crippen LogP contribution in [0.25, 0.3) is 16.2 Å². The number of rotatable bonds is 2. The summed E-state index contributed by atoms with van der Waals surface area (Å²) in [6.45, 7) is 0. The van der Waals surface area contributed by atoms with Gasteiger partial charge < -0.3 is 11.1 Å². The van der Waals surface area contributed by atoms with Crippen molar-refractivity contribution in [3.8, 4) is 11.3 Å². The lowest BCUT2D eigenvalue weighted by atomic mass is 10.1. The van der Waals surface area contributed by atoms with E-state index < -0.39 is 0 Å². The molecule has 3 rings (SSSR count). The minimum Gasteiger partial charge on any atom is -0.398 e. The molecule has 96 valence electrons. The summed E-state index contributed by atoms with van der Waals surface area (Å²) in [4.78, 5) is 12.8. The summed E-state index contributed by atoms with van der Waals surface area (Å²) in [5.41, 5.74) is 6.76. The van der Waals surface area contributed by atoms with Crippen molar-refractivity contribution in [3.63, 3.8) is 0 Å². The van der Waals surface area contributed by atoms with Crippen molar-refractivity contribution in [2.75, 3.05) is 18.1 Å². The number of anilines is 2. The number of fused-ring (bicyclic) bond motifs is 1. The van der Waals surface area contributed by atoms with E-state index in [9.17, 15) is 4.79 Å². The molecule has 0 aliphatic rings. The minimum atomic E-state index is -0.333. The van der Waals surface area contributed by atoms with Crippen LogP contribution in [-0.2, 0) is 0 Å². The Balaban J connectivity index is 2.29. The number of nitrogens with one attached hydrogen (secondary N) is 1. The van der Waals surface area contributed by atoms with Crippen molar-refractivity contribution in [3.05, 3.63) is 34.6 Å². The van der Waals surface area contributed by atoms with E-state index in [4.69, 9.17) is 5.73 Å². The monoisotopic (exact) mass is 274 g/mol. The summed E-state index contributed by atoms with van der Waals surface area (Å²) in [5.74, 6) is 0. The van der Waals surface area contributed by atoms with Crippen LogP contribution in [0.1, 0.15) is 0 Å². The lowest BCUT2D eigenvalue weighted by molar-refractivity contribution is 0.861. The Morgan fingerprint density at radius 3 is 2.84 bits per heavy atom. The molecule has 3 aromatic rings. The molecule has 2 aromatic heterocycles. The van der Waals surface area contributed by atoms with Gasteiger partial charge in [0.1, 0.15) is 0 Å². The van der Waals surface area contributed by atoms with Gasteiger partial charge in [-0.3, -0.25) is 4.79 Å². The maximum absolute atomic E-state index is 12.3. The standard InChI is InChI=1S/C11H10N6OS/c1-13-10-16-17-9(18)8(14-15-11(17)19-10)6-4-2-3-5-7(6)12/h2-5H,12H2,1H3,(H,13,16). The maximum Gasteiger partial charge on any atom is 0.302 e. The smallest absolute Gasteiger partial charge is 0.302 e. The Bertz CT molecular complexity index is 808. The second kappa shape index (κ2) is 4.32. The number of hydrogen-bond donors (Lipinski definition) is 2. The molecular formula is C11H10N6OS. The van der Waals surface area contributed by atoms with Gasteiger partial charge in [0.25, 0.3) is 0 Å². The van der Waals surface area contributed by atoms with Gasteiger partial charge in [-0.25, -0.2) is 0 Å². The molecule has 0 amide bonds. The Morgan fingerprint density at radius 2 is 2.11 bits per heavy atom. The third kappa shape index (κ3) is 1.82. The first-order valence-electron chi connectivity index (χ1n) is 5.50. The van der Waals surface area contributed by atoms with Gasteiger partial charge in [-0.1, -0.05) is 29.5 Å². The molecular weight excluding hydrogens is 264 g/mol. The summed E-state index contributed by atoms with van der Waals surface area (Å²) < 4.78 is 1.23. The molecule has 0 atom stereocenters. The predicted octanol–water partition coefficient (Wildman–Crippen LogP) is 0.837. The summed E-state index contributed by atoms with van der Waals surface area (Å²) in [5, 5.41) is 15.6. The fourth-order valence-electron chi connectivity index (χ4n) is 1.70. The SMILES string of the molecule is CNc1nn2c(=O)c(-c3ccccc3N)nnc2s1. The van der Waals surface area contributed by atoms with Crippen LogP contribution in [0.4, 0.5) is 10.8 Å². The van der Waals surface area contributed by atoms with Gasteiger partial charge in [0, 0.05) is 18.3 Å². The van der Waals surface area contributed by atoms with Crippen LogP contribution in [0.2, 0.25) is 0 Å². The molecule has 8 heteroatoms. The second-order valence-corrected chi connectivity index (χ2v) is 4.75. The van der Waals surface area contributed by atoms with Gasteiger partial charge in [0.15, 0.2) is 5.69 Å². The number of benzene rings is 1. The Kier molecular flexibility index (Phi) is 2.64. The normalized spacial score (nSPS) is 10.8. The number of nitrogens with zero attached hydrogens (tertiary/aromatic N) is 4. The molecule has 0 aliphatic carbocycles. The van der Waals surface area contributed by atoms with Crippen molar-refractivity contribution in [2.45, 2.75) is 0 Å². The number of hydrogen-bond acceptors (Lipinski definition) is 7. The van der Waals surface area contributed by atoms with Crippen molar-refractivity contribution in [1.82, 2.24) is 19.8 Å². The van der Waals surface area contributed by atoms with E-state index in [1.54, 1.807) is 31.3 Å². The molecule has 0 saturated carbocycles. The maximum atomic E-state index is 12.3. The molecule has 0 spiro atoms. The van der Waals surface area contributed by atoms with E-state index in [2.05, 4.69) is 20.6 Å². The summed E-state index contributed by atoms with van der Waals surface area (Å²) in [6, 6.07) is 7.04. The van der Waals surface area contributed by atoms with E-state index in [0.717, 1.165) is 0 Å². The Hall–Kier alpha value is -2.48. The third-order valence-electron chi connectivity index (χ3n) is 2.62. The van der Waals surface area contributed by atoms with Gasteiger partial charge in [-0.15, -0.1) is 15.3 Å². The van der Waals surface area contributed by atoms with Crippen LogP contribution in [-0.4, -0.2) is 26.9 Å². The van der Waals surface area contributed by atoms with Crippen LogP contribution in [0.5, 0.6) is 0 Å². The highest BCUT2D eigenvalue weighted by atomic mass is 32.1. The Labute approximate surface area is 111 Å². The molecule has 1 aromatic carbocycles. The van der Waals surface area contributed by atoms with Gasteiger partial charge in [-0.2, -0.15) is 4.52 Å². The highest BCUT2D eigenvalue weighted by Crippen LogP contribution is 2.21. The highest BCUT2D eigenvalue weighted by Gasteiger charge is 2.14. The number of nitrogens with two attached hydrogens (primary N) is 1. The lowest BCUT2D eigenvalue weighted by Crippen LogP contribution is -2.19. The van der Waals surface area contributed by atoms with Crippen LogP contribution in [0, 0.1) is 0 Å². The first kappa shape index (κ1) is 11.6. The molecule has 19 heavy (non-hydrogen) atoms. The van der Waals surface area contributed by atoms with E-state index >= 15 is 0 Å². The highest BCUT2D eigenvalue weighted by molar-refractivity contribution is 7.20. The topological polar surface area (TPSA) is 98.2 Å². The van der Waals surface area contributed by atoms with E-state index in [0.29, 0.717) is 21.3 Å². The molecule has 0 radical (unpaired) electrons. The van der Waals surface area contributed by atoms with E-state index in [1.807, 2.05) is 0 Å². The van der Waals surface area contributed by atoms with E-state index in [1.165, 1.54) is 15.9 Å². The average molecular weight is 274 g/mol. The zero-order valence-corrected chi connectivity index (χ0v) is 10.8. The zero-order chi connectivity index (χ0) is 13.4. The van der Waals surface area contributed by atoms with E-state index in [-0.39, 0.29) is 11.3 Å². The minimum absolute atomic E-state index is 0.198. The van der Waals surface area contributed by atoms with Crippen LogP contribution >= 0.6 is 11.3 Å². The molecule has 0 aliphatic heterocycles. The Morgan fingerprint density at radius 1 is 1.32 bits per heavy atom. The first-order valence-corrected chi connectivity index (χ1v) is 6.31. The molecule has 3 N–H and O–H groups in total. The summed E-state index contributed by atoms with van der Waals surface area (Å²) >= 11 is 1.26. The van der Waals surface area contributed by atoms with Crippen LogP contribution in [0.3, 0.4) is 0 Å². The van der Waals surface area contributed by atoms with Crippen molar-refractivity contribution in [1.29, 1.82) is 0 Å². The van der Waals surface area contributed by atoms with Crippen molar-refractivity contribution < 1.29 is 0 Å². The summed E-state index contributed by atoms with van der Waals surface area (Å²) in [7, 11) is 1.73. The average Bonchev–Trinajstić information content (AvgIpc) is 2.85. The van der Waals surface area contributed by atoms with Crippen LogP contribution in [0.15, 0.2) is 29.1 Å². The van der Waals surface area contributed by atoms with Gasteiger partial charge in [-0.05, 0) is 6.07 Å². The second-order valence-electron chi connectivity index (χ2n) is 3.79. The third-order valence-corrected chi connectivity index (χ3v) is 3.54. The molecule has 2 heterocycles. The largest absolute Gasteiger partial charge is 0.398 e. The zero-order valence-electron chi connectivity index (χ0n) is 9.99. The fraction of sp³-hybridized carbons (Fsp3) is 0.0909.